The van der Waals surface area contributed by atoms with E-state index in [1.807, 2.05) is 0 Å². The molecule has 2 aromatic carbocycles. The molecule has 0 bridgehead atoms. The first-order valence-electron chi connectivity index (χ1n) is 8.75. The van der Waals surface area contributed by atoms with Crippen LogP contribution in [-0.2, 0) is 16.0 Å². The molecule has 28 heavy (non-hydrogen) atoms. The van der Waals surface area contributed by atoms with Crippen molar-refractivity contribution in [1.82, 2.24) is 0 Å². The van der Waals surface area contributed by atoms with E-state index in [0.29, 0.717) is 22.2 Å². The summed E-state index contributed by atoms with van der Waals surface area (Å²) in [7, 11) is 0. The van der Waals surface area contributed by atoms with E-state index in [-0.39, 0.29) is 17.6 Å². The highest BCUT2D eigenvalue weighted by molar-refractivity contribution is 9.10. The number of ketones is 1. The van der Waals surface area contributed by atoms with Gasteiger partial charge in [-0.1, -0.05) is 41.9 Å². The number of hydrogen-bond acceptors (Lipinski definition) is 6. The molecule has 148 valence electrons. The number of aromatic hydroxyl groups is 1. The Morgan fingerprint density at radius 3 is 2.46 bits per heavy atom. The van der Waals surface area contributed by atoms with Gasteiger partial charge in [-0.15, -0.1) is 0 Å². The summed E-state index contributed by atoms with van der Waals surface area (Å²) in [6.45, 7) is 2.88. The highest BCUT2D eigenvalue weighted by atomic mass is 79.9. The van der Waals surface area contributed by atoms with Crippen molar-refractivity contribution in [2.45, 2.75) is 26.3 Å². The summed E-state index contributed by atoms with van der Waals surface area (Å²) < 4.78 is 6.02. The van der Waals surface area contributed by atoms with E-state index in [1.54, 1.807) is 44.2 Å². The summed E-state index contributed by atoms with van der Waals surface area (Å²) in [5.41, 5.74) is 1.45. The summed E-state index contributed by atoms with van der Waals surface area (Å²) in [4.78, 5) is 28.2. The number of rotatable bonds is 8. The maximum atomic E-state index is 12.1. The van der Waals surface area contributed by atoms with Crippen molar-refractivity contribution in [2.75, 3.05) is 6.61 Å². The zero-order valence-electron chi connectivity index (χ0n) is 15.6. The molecule has 2 rings (SSSR count). The first kappa shape index (κ1) is 21.8. The largest absolute Gasteiger partial charge is 0.508 e. The van der Waals surface area contributed by atoms with Crippen LogP contribution in [0.15, 0.2) is 51.9 Å². The van der Waals surface area contributed by atoms with Crippen LogP contribution in [0.5, 0.6) is 11.5 Å². The molecule has 0 radical (unpaired) electrons. The summed E-state index contributed by atoms with van der Waals surface area (Å²) >= 11 is 3.37. The topological polar surface area (TPSA) is 96.2 Å². The predicted octanol–water partition coefficient (Wildman–Crippen LogP) is 3.31. The lowest BCUT2D eigenvalue weighted by Gasteiger charge is -2.11. The van der Waals surface area contributed by atoms with Crippen LogP contribution in [0.2, 0.25) is 0 Å². The third-order valence-electron chi connectivity index (χ3n) is 3.88. The first-order valence-corrected chi connectivity index (χ1v) is 9.54. The van der Waals surface area contributed by atoms with Crippen molar-refractivity contribution in [3.8, 4) is 11.5 Å². The molecule has 2 N–H and O–H groups in total. The van der Waals surface area contributed by atoms with Crippen molar-refractivity contribution in [2.24, 2.45) is 10.9 Å². The Kier molecular flexibility index (Phi) is 7.90. The Morgan fingerprint density at radius 2 is 1.86 bits per heavy atom. The Morgan fingerprint density at radius 1 is 1.18 bits per heavy atom. The molecule has 0 aliphatic carbocycles. The Balaban J connectivity index is 2.21. The maximum Gasteiger partial charge on any atom is 0.313 e. The molecule has 2 aromatic rings. The summed E-state index contributed by atoms with van der Waals surface area (Å²) in [5.74, 6) is -0.506. The predicted molar refractivity (Wildman–Crippen MR) is 110 cm³/mol. The number of aliphatic hydroxyl groups is 1. The van der Waals surface area contributed by atoms with Crippen LogP contribution in [-0.4, -0.2) is 40.8 Å². The standard InChI is InChI=1S/C21H22BrNO5/c1-13(2)21(27)28-18-8-15(7-16(22)10-18)11-23-19(20(26)12-24)9-14-3-5-17(25)6-4-14/h3-8,10-11,13,19,24-25H,9,12H2,1-2H3. The van der Waals surface area contributed by atoms with Crippen molar-refractivity contribution >= 4 is 33.9 Å². The van der Waals surface area contributed by atoms with Gasteiger partial charge >= 0.3 is 5.97 Å². The molecule has 6 nitrogen and oxygen atoms in total. The van der Waals surface area contributed by atoms with E-state index >= 15 is 0 Å². The van der Waals surface area contributed by atoms with Gasteiger partial charge in [0, 0.05) is 17.1 Å². The molecule has 0 saturated heterocycles. The van der Waals surface area contributed by atoms with Crippen molar-refractivity contribution in [3.63, 3.8) is 0 Å². The minimum atomic E-state index is -0.768. The molecule has 1 unspecified atom stereocenters. The van der Waals surface area contributed by atoms with Crippen LogP contribution < -0.4 is 4.74 Å². The quantitative estimate of drug-likeness (QED) is 0.367. The molecule has 0 aliphatic heterocycles. The van der Waals surface area contributed by atoms with Crippen molar-refractivity contribution in [1.29, 1.82) is 0 Å². The number of Topliss-reactive ketones (excluding diaryl/α,β-unsaturated/α-hetero) is 1. The number of aliphatic imine (C=N–C) groups is 1. The average Bonchev–Trinajstić information content (AvgIpc) is 2.65. The Labute approximate surface area is 172 Å². The van der Waals surface area contributed by atoms with Crippen LogP contribution in [0.4, 0.5) is 0 Å². The molecule has 0 amide bonds. The molecule has 0 aromatic heterocycles. The van der Waals surface area contributed by atoms with Gasteiger partial charge in [0.2, 0.25) is 0 Å². The number of aliphatic hydroxyl groups excluding tert-OH is 1. The Hall–Kier alpha value is -2.51. The number of nitrogens with zero attached hydrogens (tertiary/aromatic N) is 1. The van der Waals surface area contributed by atoms with Crippen LogP contribution >= 0.6 is 15.9 Å². The minimum absolute atomic E-state index is 0.134. The molecule has 0 aliphatic rings. The van der Waals surface area contributed by atoms with Gasteiger partial charge in [-0.25, -0.2) is 0 Å². The molecular weight excluding hydrogens is 426 g/mol. The third-order valence-corrected chi connectivity index (χ3v) is 4.34. The molecule has 0 saturated carbocycles. The number of hydrogen-bond donors (Lipinski definition) is 2. The lowest BCUT2D eigenvalue weighted by atomic mass is 10.0. The molecule has 0 spiro atoms. The molecule has 1 atom stereocenters. The van der Waals surface area contributed by atoms with Gasteiger partial charge in [0.25, 0.3) is 0 Å². The minimum Gasteiger partial charge on any atom is -0.508 e. The van der Waals surface area contributed by atoms with E-state index in [1.165, 1.54) is 18.3 Å². The molecule has 7 heteroatoms. The van der Waals surface area contributed by atoms with E-state index in [9.17, 15) is 19.8 Å². The Bertz CT molecular complexity index is 862. The van der Waals surface area contributed by atoms with Gasteiger partial charge in [-0.3, -0.25) is 14.6 Å². The van der Waals surface area contributed by atoms with Crippen LogP contribution in [0.3, 0.4) is 0 Å². The van der Waals surface area contributed by atoms with Crippen LogP contribution in [0, 0.1) is 5.92 Å². The average molecular weight is 448 g/mol. The first-order chi connectivity index (χ1) is 13.3. The number of benzene rings is 2. The second-order valence-electron chi connectivity index (χ2n) is 6.59. The molecule has 0 heterocycles. The number of carbonyl (C=O) groups excluding carboxylic acids is 2. The third kappa shape index (κ3) is 6.58. The number of esters is 1. The van der Waals surface area contributed by atoms with Crippen molar-refractivity contribution in [3.05, 3.63) is 58.1 Å². The van der Waals surface area contributed by atoms with E-state index in [0.717, 1.165) is 5.56 Å². The van der Waals surface area contributed by atoms with Gasteiger partial charge in [0.15, 0.2) is 5.78 Å². The number of carbonyl (C=O) groups is 2. The van der Waals surface area contributed by atoms with Gasteiger partial charge in [-0.2, -0.15) is 0 Å². The number of ether oxygens (including phenoxy) is 1. The van der Waals surface area contributed by atoms with Crippen LogP contribution in [0.1, 0.15) is 25.0 Å². The van der Waals surface area contributed by atoms with Gasteiger partial charge in [0.1, 0.15) is 24.1 Å². The lowest BCUT2D eigenvalue weighted by molar-refractivity contribution is -0.137. The maximum absolute atomic E-state index is 12.1. The van der Waals surface area contributed by atoms with E-state index < -0.39 is 18.4 Å². The van der Waals surface area contributed by atoms with Gasteiger partial charge < -0.3 is 14.9 Å². The number of phenols is 1. The van der Waals surface area contributed by atoms with Gasteiger partial charge in [0.05, 0.1) is 5.92 Å². The fraction of sp³-hybridized carbons (Fsp3) is 0.286. The summed E-state index contributed by atoms with van der Waals surface area (Å²) in [6.07, 6.45) is 1.80. The van der Waals surface area contributed by atoms with Crippen molar-refractivity contribution < 1.29 is 24.5 Å². The van der Waals surface area contributed by atoms with Crippen LogP contribution in [0.25, 0.3) is 0 Å². The second-order valence-corrected chi connectivity index (χ2v) is 7.50. The zero-order chi connectivity index (χ0) is 20.7. The summed E-state index contributed by atoms with van der Waals surface area (Å²) in [6, 6.07) is 10.8. The zero-order valence-corrected chi connectivity index (χ0v) is 17.2. The summed E-state index contributed by atoms with van der Waals surface area (Å²) in [5, 5.41) is 18.6. The smallest absolute Gasteiger partial charge is 0.313 e. The number of halogens is 1. The second kappa shape index (κ2) is 10.1. The normalized spacial score (nSPS) is 12.3. The SMILES string of the molecule is CC(C)C(=O)Oc1cc(Br)cc(C=NC(Cc2ccc(O)cc2)C(=O)CO)c1. The fourth-order valence-corrected chi connectivity index (χ4v) is 2.83. The van der Waals surface area contributed by atoms with Gasteiger partial charge in [-0.05, 0) is 41.5 Å². The number of phenolic OH excluding ortho intramolecular Hbond substituents is 1. The lowest BCUT2D eigenvalue weighted by Crippen LogP contribution is -2.24. The monoisotopic (exact) mass is 447 g/mol. The molecule has 0 fully saturated rings. The molecular formula is C21H22BrNO5. The highest BCUT2D eigenvalue weighted by Crippen LogP contribution is 2.22. The highest BCUT2D eigenvalue weighted by Gasteiger charge is 2.17. The fourth-order valence-electron chi connectivity index (χ4n) is 2.34. The van der Waals surface area contributed by atoms with E-state index in [2.05, 4.69) is 20.9 Å². The van der Waals surface area contributed by atoms with E-state index in [4.69, 9.17) is 4.74 Å².